The van der Waals surface area contributed by atoms with Crippen molar-refractivity contribution in [1.29, 1.82) is 0 Å². The van der Waals surface area contributed by atoms with Gasteiger partial charge < -0.3 is 16.2 Å². The van der Waals surface area contributed by atoms with Gasteiger partial charge in [-0.2, -0.15) is 0 Å². The molecule has 0 fully saturated rings. The number of hydrogen-bond donors (Lipinski definition) is 3. The molecule has 0 heterocycles. The van der Waals surface area contributed by atoms with E-state index in [4.69, 9.17) is 10.8 Å². The molecule has 1 amide bonds. The van der Waals surface area contributed by atoms with Crippen molar-refractivity contribution >= 4 is 11.6 Å². The summed E-state index contributed by atoms with van der Waals surface area (Å²) in [6.07, 6.45) is 0. The Kier molecular flexibility index (Phi) is 4.31. The lowest BCUT2D eigenvalue weighted by Crippen LogP contribution is -2.37. The highest BCUT2D eigenvalue weighted by atomic mass is 16.3. The molecule has 2 atom stereocenters. The van der Waals surface area contributed by atoms with E-state index in [2.05, 4.69) is 5.32 Å². The van der Waals surface area contributed by atoms with Gasteiger partial charge in [-0.25, -0.2) is 0 Å². The molecule has 1 aromatic carbocycles. The third-order valence-electron chi connectivity index (χ3n) is 2.47. The number of carbonyl (C=O) groups excluding carboxylic acids is 1. The maximum absolute atomic E-state index is 11.8. The standard InChI is InChI=1S/C12H18N2O2/c1-8(7-15)14-12(16)9(2)10-4-3-5-11(13)6-10/h3-6,8-9,15H,7,13H2,1-2H3,(H,14,16)/t8-,9?/m1/s1. The predicted molar refractivity (Wildman–Crippen MR) is 64.0 cm³/mol. The van der Waals surface area contributed by atoms with Crippen molar-refractivity contribution in [2.75, 3.05) is 12.3 Å². The SMILES string of the molecule is CC(C(=O)N[C@H](C)CO)c1cccc(N)c1. The molecule has 1 unspecified atom stereocenters. The van der Waals surface area contributed by atoms with Gasteiger partial charge in [-0.05, 0) is 31.5 Å². The Bertz CT molecular complexity index is 366. The number of aliphatic hydroxyl groups is 1. The molecular formula is C12H18N2O2. The number of anilines is 1. The normalized spacial score (nSPS) is 14.2. The minimum Gasteiger partial charge on any atom is -0.399 e. The summed E-state index contributed by atoms with van der Waals surface area (Å²) in [5.41, 5.74) is 7.18. The molecule has 0 aromatic heterocycles. The van der Waals surface area contributed by atoms with Crippen molar-refractivity contribution in [1.82, 2.24) is 5.32 Å². The molecule has 1 rings (SSSR count). The lowest BCUT2D eigenvalue weighted by atomic mass is 9.99. The van der Waals surface area contributed by atoms with Crippen LogP contribution in [0.5, 0.6) is 0 Å². The number of nitrogens with two attached hydrogens (primary N) is 1. The van der Waals surface area contributed by atoms with Crippen molar-refractivity contribution in [2.24, 2.45) is 0 Å². The number of nitrogens with one attached hydrogen (secondary N) is 1. The lowest BCUT2D eigenvalue weighted by Gasteiger charge is -2.16. The number of nitrogen functional groups attached to an aromatic ring is 1. The van der Waals surface area contributed by atoms with E-state index in [1.54, 1.807) is 19.1 Å². The van der Waals surface area contributed by atoms with Crippen LogP contribution in [0.25, 0.3) is 0 Å². The van der Waals surface area contributed by atoms with Gasteiger partial charge in [0.2, 0.25) is 5.91 Å². The van der Waals surface area contributed by atoms with Gasteiger partial charge in [-0.1, -0.05) is 12.1 Å². The Labute approximate surface area is 95.5 Å². The van der Waals surface area contributed by atoms with Gasteiger partial charge in [0.05, 0.1) is 12.5 Å². The van der Waals surface area contributed by atoms with Crippen LogP contribution in [0.2, 0.25) is 0 Å². The fourth-order valence-corrected chi connectivity index (χ4v) is 1.39. The number of aliphatic hydroxyl groups excluding tert-OH is 1. The van der Waals surface area contributed by atoms with Crippen LogP contribution in [0.3, 0.4) is 0 Å². The van der Waals surface area contributed by atoms with E-state index in [-0.39, 0.29) is 24.5 Å². The van der Waals surface area contributed by atoms with Crippen LogP contribution in [0, 0.1) is 0 Å². The van der Waals surface area contributed by atoms with E-state index in [0.717, 1.165) is 5.56 Å². The van der Waals surface area contributed by atoms with Crippen LogP contribution in [0.15, 0.2) is 24.3 Å². The van der Waals surface area contributed by atoms with E-state index in [1.807, 2.05) is 19.1 Å². The van der Waals surface area contributed by atoms with Gasteiger partial charge >= 0.3 is 0 Å². The summed E-state index contributed by atoms with van der Waals surface area (Å²) in [4.78, 5) is 11.8. The van der Waals surface area contributed by atoms with Gasteiger partial charge in [0, 0.05) is 11.7 Å². The Morgan fingerprint density at radius 1 is 1.50 bits per heavy atom. The molecule has 4 nitrogen and oxygen atoms in total. The highest BCUT2D eigenvalue weighted by molar-refractivity contribution is 5.83. The zero-order chi connectivity index (χ0) is 12.1. The summed E-state index contributed by atoms with van der Waals surface area (Å²) in [5, 5.41) is 11.6. The molecule has 1 aromatic rings. The topological polar surface area (TPSA) is 75.3 Å². The highest BCUT2D eigenvalue weighted by Gasteiger charge is 2.16. The fourth-order valence-electron chi connectivity index (χ4n) is 1.39. The summed E-state index contributed by atoms with van der Waals surface area (Å²) in [7, 11) is 0. The molecule has 0 bridgehead atoms. The van der Waals surface area contributed by atoms with Gasteiger partial charge in [-0.3, -0.25) is 4.79 Å². The average molecular weight is 222 g/mol. The number of carbonyl (C=O) groups is 1. The first-order chi connectivity index (χ1) is 7.54. The molecule has 0 aliphatic heterocycles. The van der Waals surface area contributed by atoms with E-state index in [9.17, 15) is 4.79 Å². The fraction of sp³-hybridized carbons (Fsp3) is 0.417. The van der Waals surface area contributed by atoms with Gasteiger partial charge in [-0.15, -0.1) is 0 Å². The number of hydrogen-bond acceptors (Lipinski definition) is 3. The third-order valence-corrected chi connectivity index (χ3v) is 2.47. The van der Waals surface area contributed by atoms with E-state index in [1.165, 1.54) is 0 Å². The first-order valence-corrected chi connectivity index (χ1v) is 5.31. The van der Waals surface area contributed by atoms with Gasteiger partial charge in [0.15, 0.2) is 0 Å². The Hall–Kier alpha value is -1.55. The Balaban J connectivity index is 2.70. The van der Waals surface area contributed by atoms with E-state index < -0.39 is 0 Å². The molecule has 0 aliphatic carbocycles. The summed E-state index contributed by atoms with van der Waals surface area (Å²) in [6, 6.07) is 7.03. The van der Waals surface area contributed by atoms with Crippen LogP contribution in [0.1, 0.15) is 25.3 Å². The second-order valence-electron chi connectivity index (χ2n) is 3.98. The summed E-state index contributed by atoms with van der Waals surface area (Å²) in [6.45, 7) is 3.51. The van der Waals surface area contributed by atoms with Crippen molar-refractivity contribution in [3.8, 4) is 0 Å². The Morgan fingerprint density at radius 3 is 2.75 bits per heavy atom. The molecule has 0 radical (unpaired) electrons. The number of amides is 1. The quantitative estimate of drug-likeness (QED) is 0.662. The summed E-state index contributed by atoms with van der Waals surface area (Å²) >= 11 is 0. The van der Waals surface area contributed by atoms with Crippen molar-refractivity contribution in [2.45, 2.75) is 25.8 Å². The molecular weight excluding hydrogens is 204 g/mol. The van der Waals surface area contributed by atoms with Crippen LogP contribution in [0.4, 0.5) is 5.69 Å². The molecule has 0 aliphatic rings. The zero-order valence-corrected chi connectivity index (χ0v) is 9.60. The van der Waals surface area contributed by atoms with Gasteiger partial charge in [0.1, 0.15) is 0 Å². The molecule has 0 saturated heterocycles. The smallest absolute Gasteiger partial charge is 0.227 e. The second-order valence-corrected chi connectivity index (χ2v) is 3.98. The molecule has 88 valence electrons. The number of rotatable bonds is 4. The van der Waals surface area contributed by atoms with Crippen molar-refractivity contribution < 1.29 is 9.90 Å². The zero-order valence-electron chi connectivity index (χ0n) is 9.60. The predicted octanol–water partition coefficient (Wildman–Crippen LogP) is 0.869. The maximum Gasteiger partial charge on any atom is 0.227 e. The van der Waals surface area contributed by atoms with Crippen LogP contribution in [-0.2, 0) is 4.79 Å². The molecule has 16 heavy (non-hydrogen) atoms. The third kappa shape index (κ3) is 3.24. The van der Waals surface area contributed by atoms with Crippen LogP contribution < -0.4 is 11.1 Å². The Morgan fingerprint density at radius 2 is 2.19 bits per heavy atom. The monoisotopic (exact) mass is 222 g/mol. The minimum atomic E-state index is -0.266. The first kappa shape index (κ1) is 12.5. The number of benzene rings is 1. The van der Waals surface area contributed by atoms with Gasteiger partial charge in [0.25, 0.3) is 0 Å². The van der Waals surface area contributed by atoms with Crippen molar-refractivity contribution in [3.63, 3.8) is 0 Å². The second kappa shape index (κ2) is 5.51. The van der Waals surface area contributed by atoms with Crippen molar-refractivity contribution in [3.05, 3.63) is 29.8 Å². The molecule has 0 saturated carbocycles. The first-order valence-electron chi connectivity index (χ1n) is 5.31. The minimum absolute atomic E-state index is 0.0601. The summed E-state index contributed by atoms with van der Waals surface area (Å²) in [5.74, 6) is -0.371. The van der Waals surface area contributed by atoms with E-state index >= 15 is 0 Å². The maximum atomic E-state index is 11.8. The molecule has 4 N–H and O–H groups in total. The summed E-state index contributed by atoms with van der Waals surface area (Å²) < 4.78 is 0. The molecule has 4 heteroatoms. The van der Waals surface area contributed by atoms with Crippen LogP contribution in [-0.4, -0.2) is 23.7 Å². The molecule has 0 spiro atoms. The largest absolute Gasteiger partial charge is 0.399 e. The van der Waals surface area contributed by atoms with E-state index in [0.29, 0.717) is 5.69 Å². The average Bonchev–Trinajstić information content (AvgIpc) is 2.27. The lowest BCUT2D eigenvalue weighted by molar-refractivity contribution is -0.123. The van der Waals surface area contributed by atoms with Crippen LogP contribution >= 0.6 is 0 Å². The highest BCUT2D eigenvalue weighted by Crippen LogP contribution is 2.17.